The first-order valence-corrected chi connectivity index (χ1v) is 9.15. The summed E-state index contributed by atoms with van der Waals surface area (Å²) in [7, 11) is 0. The van der Waals surface area contributed by atoms with Crippen LogP contribution >= 0.6 is 11.8 Å². The average molecular weight is 351 g/mol. The van der Waals surface area contributed by atoms with Crippen molar-refractivity contribution in [2.75, 3.05) is 11.1 Å². The SMILES string of the molecule is CC(C)(C)c1ccccc1NC(=O)CSc1ncnc2ccccc12. The van der Waals surface area contributed by atoms with Crippen molar-refractivity contribution >= 4 is 34.3 Å². The molecule has 0 aliphatic carbocycles. The van der Waals surface area contributed by atoms with Gasteiger partial charge in [0.1, 0.15) is 11.4 Å². The van der Waals surface area contributed by atoms with Crippen molar-refractivity contribution in [2.24, 2.45) is 0 Å². The smallest absolute Gasteiger partial charge is 0.234 e. The van der Waals surface area contributed by atoms with Gasteiger partial charge in [-0.3, -0.25) is 4.79 Å². The van der Waals surface area contributed by atoms with Crippen molar-refractivity contribution in [1.82, 2.24) is 9.97 Å². The first-order chi connectivity index (χ1) is 11.9. The number of aromatic nitrogens is 2. The quantitative estimate of drug-likeness (QED) is 0.549. The third-order valence-electron chi connectivity index (χ3n) is 3.86. The number of benzene rings is 2. The van der Waals surface area contributed by atoms with Crippen LogP contribution < -0.4 is 5.32 Å². The van der Waals surface area contributed by atoms with Crippen LogP contribution in [0.3, 0.4) is 0 Å². The third kappa shape index (κ3) is 4.17. The molecule has 0 saturated heterocycles. The fraction of sp³-hybridized carbons (Fsp3) is 0.250. The van der Waals surface area contributed by atoms with Crippen LogP contribution in [0.2, 0.25) is 0 Å². The number of hydrogen-bond donors (Lipinski definition) is 1. The van der Waals surface area contributed by atoms with Gasteiger partial charge in [-0.25, -0.2) is 9.97 Å². The minimum Gasteiger partial charge on any atom is -0.325 e. The molecule has 128 valence electrons. The number of amides is 1. The second-order valence-electron chi connectivity index (χ2n) is 6.83. The van der Waals surface area contributed by atoms with Crippen LogP contribution in [0.1, 0.15) is 26.3 Å². The highest BCUT2D eigenvalue weighted by Gasteiger charge is 2.18. The second-order valence-corrected chi connectivity index (χ2v) is 7.79. The molecule has 0 spiro atoms. The van der Waals surface area contributed by atoms with Gasteiger partial charge in [0.25, 0.3) is 0 Å². The Labute approximate surface area is 152 Å². The molecule has 0 unspecified atom stereocenters. The summed E-state index contributed by atoms with van der Waals surface area (Å²) in [6.45, 7) is 6.42. The molecule has 1 N–H and O–H groups in total. The number of fused-ring (bicyclic) bond motifs is 1. The van der Waals surface area contributed by atoms with E-state index in [2.05, 4.69) is 42.1 Å². The monoisotopic (exact) mass is 351 g/mol. The van der Waals surface area contributed by atoms with Crippen molar-refractivity contribution in [3.05, 3.63) is 60.4 Å². The molecule has 3 aromatic rings. The zero-order valence-electron chi connectivity index (χ0n) is 14.6. The van der Waals surface area contributed by atoms with E-state index in [-0.39, 0.29) is 11.3 Å². The topological polar surface area (TPSA) is 54.9 Å². The van der Waals surface area contributed by atoms with E-state index < -0.39 is 0 Å². The van der Waals surface area contributed by atoms with E-state index >= 15 is 0 Å². The molecule has 3 rings (SSSR count). The lowest BCUT2D eigenvalue weighted by atomic mass is 9.86. The molecule has 25 heavy (non-hydrogen) atoms. The van der Waals surface area contributed by atoms with Gasteiger partial charge in [0.05, 0.1) is 11.3 Å². The van der Waals surface area contributed by atoms with Gasteiger partial charge in [-0.15, -0.1) is 0 Å². The lowest BCUT2D eigenvalue weighted by Crippen LogP contribution is -2.19. The molecule has 0 atom stereocenters. The van der Waals surface area contributed by atoms with Crippen LogP contribution in [0, 0.1) is 0 Å². The van der Waals surface area contributed by atoms with Crippen molar-refractivity contribution in [3.63, 3.8) is 0 Å². The van der Waals surface area contributed by atoms with Crippen LogP contribution in [0.5, 0.6) is 0 Å². The molecule has 1 heterocycles. The van der Waals surface area contributed by atoms with E-state index in [1.807, 2.05) is 42.5 Å². The Bertz CT molecular complexity index is 897. The summed E-state index contributed by atoms with van der Waals surface area (Å²) in [5.74, 6) is 0.267. The van der Waals surface area contributed by atoms with Crippen molar-refractivity contribution < 1.29 is 4.79 Å². The average Bonchev–Trinajstić information content (AvgIpc) is 2.59. The summed E-state index contributed by atoms with van der Waals surface area (Å²) in [4.78, 5) is 21.0. The lowest BCUT2D eigenvalue weighted by molar-refractivity contribution is -0.113. The molecule has 0 saturated carbocycles. The number of carbonyl (C=O) groups excluding carboxylic acids is 1. The van der Waals surface area contributed by atoms with Crippen LogP contribution in [0.4, 0.5) is 5.69 Å². The zero-order chi connectivity index (χ0) is 17.9. The Kier molecular flexibility index (Phi) is 5.04. The maximum absolute atomic E-state index is 12.4. The van der Waals surface area contributed by atoms with Crippen molar-refractivity contribution in [3.8, 4) is 0 Å². The summed E-state index contributed by atoms with van der Waals surface area (Å²) in [6, 6.07) is 15.8. The minimum absolute atomic E-state index is 0.0279. The molecule has 1 aromatic heterocycles. The number of rotatable bonds is 4. The summed E-state index contributed by atoms with van der Waals surface area (Å²) in [6.07, 6.45) is 1.54. The van der Waals surface area contributed by atoms with Crippen LogP contribution in [-0.4, -0.2) is 21.6 Å². The predicted molar refractivity (Wildman–Crippen MR) is 104 cm³/mol. The summed E-state index contributed by atoms with van der Waals surface area (Å²) < 4.78 is 0. The molecule has 0 bridgehead atoms. The summed E-state index contributed by atoms with van der Waals surface area (Å²) in [5, 5.41) is 4.83. The van der Waals surface area contributed by atoms with Crippen LogP contribution in [0.25, 0.3) is 10.9 Å². The molecular formula is C20H21N3OS. The van der Waals surface area contributed by atoms with Gasteiger partial charge in [0.2, 0.25) is 5.91 Å². The van der Waals surface area contributed by atoms with Crippen LogP contribution in [-0.2, 0) is 10.2 Å². The normalized spacial score (nSPS) is 11.5. The van der Waals surface area contributed by atoms with Crippen molar-refractivity contribution in [1.29, 1.82) is 0 Å². The Morgan fingerprint density at radius 2 is 1.76 bits per heavy atom. The van der Waals surface area contributed by atoms with E-state index in [0.29, 0.717) is 5.75 Å². The van der Waals surface area contributed by atoms with Gasteiger partial charge in [-0.05, 0) is 23.1 Å². The van der Waals surface area contributed by atoms with Crippen LogP contribution in [0.15, 0.2) is 59.9 Å². The number of carbonyl (C=O) groups is 1. The van der Waals surface area contributed by atoms with Gasteiger partial charge < -0.3 is 5.32 Å². The number of thioether (sulfide) groups is 1. The maximum atomic E-state index is 12.4. The highest BCUT2D eigenvalue weighted by Crippen LogP contribution is 2.30. The van der Waals surface area contributed by atoms with E-state index in [0.717, 1.165) is 27.2 Å². The van der Waals surface area contributed by atoms with Gasteiger partial charge in [-0.1, -0.05) is 68.9 Å². The van der Waals surface area contributed by atoms with Gasteiger partial charge in [-0.2, -0.15) is 0 Å². The fourth-order valence-electron chi connectivity index (χ4n) is 2.66. The lowest BCUT2D eigenvalue weighted by Gasteiger charge is -2.23. The molecule has 4 nitrogen and oxygen atoms in total. The molecule has 0 aliphatic heterocycles. The largest absolute Gasteiger partial charge is 0.325 e. The molecule has 0 fully saturated rings. The summed E-state index contributed by atoms with van der Waals surface area (Å²) >= 11 is 1.43. The van der Waals surface area contributed by atoms with E-state index in [1.54, 1.807) is 0 Å². The number of hydrogen-bond acceptors (Lipinski definition) is 4. The molecule has 5 heteroatoms. The second kappa shape index (κ2) is 7.23. The highest BCUT2D eigenvalue weighted by molar-refractivity contribution is 8.00. The minimum atomic E-state index is -0.0376. The molecule has 1 amide bonds. The van der Waals surface area contributed by atoms with E-state index in [9.17, 15) is 4.79 Å². The Morgan fingerprint density at radius 3 is 2.56 bits per heavy atom. The standard InChI is InChI=1S/C20H21N3OS/c1-20(2,3)15-9-5-7-11-17(15)23-18(24)12-25-19-14-8-4-6-10-16(14)21-13-22-19/h4-11,13H,12H2,1-3H3,(H,23,24). The molecule has 2 aromatic carbocycles. The fourth-order valence-corrected chi connectivity index (χ4v) is 3.45. The first kappa shape index (κ1) is 17.4. The van der Waals surface area contributed by atoms with E-state index in [1.165, 1.54) is 18.1 Å². The number of anilines is 1. The first-order valence-electron chi connectivity index (χ1n) is 8.17. The number of nitrogens with zero attached hydrogens (tertiary/aromatic N) is 2. The maximum Gasteiger partial charge on any atom is 0.234 e. The van der Waals surface area contributed by atoms with Gasteiger partial charge in [0.15, 0.2) is 0 Å². The summed E-state index contributed by atoms with van der Waals surface area (Å²) in [5.41, 5.74) is 2.85. The third-order valence-corrected chi connectivity index (χ3v) is 4.86. The molecular weight excluding hydrogens is 330 g/mol. The Hall–Kier alpha value is -2.40. The van der Waals surface area contributed by atoms with Gasteiger partial charge >= 0.3 is 0 Å². The zero-order valence-corrected chi connectivity index (χ0v) is 15.4. The van der Waals surface area contributed by atoms with Gasteiger partial charge in [0, 0.05) is 11.1 Å². The molecule has 0 radical (unpaired) electrons. The van der Waals surface area contributed by atoms with E-state index in [4.69, 9.17) is 0 Å². The number of para-hydroxylation sites is 2. The Balaban J connectivity index is 1.72. The predicted octanol–water partition coefficient (Wildman–Crippen LogP) is 4.66. The number of nitrogens with one attached hydrogen (secondary N) is 1. The highest BCUT2D eigenvalue weighted by atomic mass is 32.2. The Morgan fingerprint density at radius 1 is 1.04 bits per heavy atom. The molecule has 0 aliphatic rings. The van der Waals surface area contributed by atoms with Crippen molar-refractivity contribution in [2.45, 2.75) is 31.2 Å².